The molecule has 11 rings (SSSR count). The second-order valence-corrected chi connectivity index (χ2v) is 41.0. The third-order valence-corrected chi connectivity index (χ3v) is 21.7. The number of benzene rings is 7. The minimum atomic E-state index is -1.82. The van der Waals surface area contributed by atoms with E-state index in [-0.39, 0.29) is 0 Å². The van der Waals surface area contributed by atoms with Crippen molar-refractivity contribution < 1.29 is 45.3 Å². The molecule has 3 fully saturated rings. The van der Waals surface area contributed by atoms with Gasteiger partial charge >= 0.3 is 290 Å². The molecule has 3 aliphatic heterocycles. The molecule has 6 nitrogen and oxygen atoms in total. The van der Waals surface area contributed by atoms with Crippen molar-refractivity contribution in [2.24, 2.45) is 4.99 Å². The SMILES string of the molecule is C[OH+]c1ccccc1[CH]=[Ru]([Cl])[Cl].Cc1cc(C)c(C)c(C)c1.Cc1cc(C)c(N2[CH-]CCC2)c(C)c1.Cc1cc(C)c(N2[CH-]CCC2)c(C)c1.Cc1cc(C)c(N2[CH-]CCC2)c(C)c1.[Cl][Ru]([Cl])=[CH]CCc1ccccn1.[Cl][Ru]([Cl])=[CH]c1ccccc1N=Cc1ccccc1. The second-order valence-electron chi connectivity index (χ2n) is 23.7. The molecule has 0 atom stereocenters. The van der Waals surface area contributed by atoms with E-state index in [9.17, 15) is 0 Å². The first kappa shape index (κ1) is 80.5. The summed E-state index contributed by atoms with van der Waals surface area (Å²) in [6.45, 7) is 38.9. The molecule has 0 saturated carbocycles. The molecule has 0 unspecified atom stereocenters. The van der Waals surface area contributed by atoms with Gasteiger partial charge in [-0.3, -0.25) is 0 Å². The van der Waals surface area contributed by atoms with Crippen LogP contribution in [0.15, 0.2) is 157 Å². The molecule has 0 bridgehead atoms. The van der Waals surface area contributed by atoms with Crippen LogP contribution in [0.2, 0.25) is 0 Å². The molecule has 512 valence electrons. The fourth-order valence-electron chi connectivity index (χ4n) is 11.7. The van der Waals surface area contributed by atoms with Crippen LogP contribution in [-0.2, 0) is 47.0 Å². The Bertz CT molecular complexity index is 3500. The maximum absolute atomic E-state index is 5.90. The molecule has 0 amide bonds. The number of aromatic hydroxyl groups is 1. The molecular formula is C79H97Cl6N5ORu3-2. The Morgan fingerprint density at radius 3 is 1.22 bits per heavy atom. The quantitative estimate of drug-likeness (QED) is 0.0560. The van der Waals surface area contributed by atoms with Crippen molar-refractivity contribution in [1.82, 2.24) is 4.98 Å². The number of nitrogens with zero attached hydrogens (tertiary/aromatic N) is 5. The van der Waals surface area contributed by atoms with Crippen molar-refractivity contribution in [3.63, 3.8) is 0 Å². The van der Waals surface area contributed by atoms with Gasteiger partial charge in [0.25, 0.3) is 0 Å². The summed E-state index contributed by atoms with van der Waals surface area (Å²) in [4.78, 5) is 15.9. The number of aliphatic imine (C=N–C) groups is 1. The van der Waals surface area contributed by atoms with Crippen LogP contribution in [0.3, 0.4) is 0 Å². The average molecular weight is 1650 g/mol. The fraction of sp³-hybridized carbons (Fsp3) is 0.316. The van der Waals surface area contributed by atoms with E-state index >= 15 is 0 Å². The van der Waals surface area contributed by atoms with Crippen molar-refractivity contribution in [1.29, 1.82) is 0 Å². The molecule has 7 aromatic carbocycles. The Morgan fingerprint density at radius 2 is 0.840 bits per heavy atom. The zero-order valence-corrected chi connectivity index (χ0v) is 67.0. The van der Waals surface area contributed by atoms with Crippen LogP contribution in [0.4, 0.5) is 22.7 Å². The van der Waals surface area contributed by atoms with Crippen molar-refractivity contribution in [3.05, 3.63) is 266 Å². The molecule has 4 heterocycles. The number of hydrogen-bond acceptors (Lipinski definition) is 5. The van der Waals surface area contributed by atoms with Crippen molar-refractivity contribution >= 4 is 101 Å². The molecule has 1 N–H and O–H groups in total. The van der Waals surface area contributed by atoms with Gasteiger partial charge in [0.05, 0.1) is 0 Å². The average Bonchev–Trinajstić information content (AvgIpc) is 1.42. The van der Waals surface area contributed by atoms with Crippen LogP contribution in [-0.4, -0.2) is 56.5 Å². The monoisotopic (exact) mass is 1650 g/mol. The zero-order chi connectivity index (χ0) is 68.7. The summed E-state index contributed by atoms with van der Waals surface area (Å²) < 4.78 is 9.91. The summed E-state index contributed by atoms with van der Waals surface area (Å²) >= 11 is -5.09. The molecular weight excluding hydrogens is 1550 g/mol. The Hall–Kier alpha value is -4.22. The fourth-order valence-corrected chi connectivity index (χ4v) is 16.9. The first-order valence-electron chi connectivity index (χ1n) is 31.8. The molecule has 15 heteroatoms. The van der Waals surface area contributed by atoms with E-state index in [1.165, 1.54) is 148 Å². The summed E-state index contributed by atoms with van der Waals surface area (Å²) in [6.07, 6.45) is 13.1. The van der Waals surface area contributed by atoms with E-state index in [1.54, 1.807) is 13.3 Å². The summed E-state index contributed by atoms with van der Waals surface area (Å²) in [5, 5.41) is 0. The van der Waals surface area contributed by atoms with E-state index in [0.717, 1.165) is 46.7 Å². The number of pyridine rings is 1. The Labute approximate surface area is 604 Å². The first-order chi connectivity index (χ1) is 44.9. The summed E-state index contributed by atoms with van der Waals surface area (Å²) in [5.41, 5.74) is 27.4. The van der Waals surface area contributed by atoms with Gasteiger partial charge in [0.15, 0.2) is 0 Å². The topological polar surface area (TPSA) is 47.8 Å². The number of halogens is 6. The van der Waals surface area contributed by atoms with Crippen molar-refractivity contribution in [3.8, 4) is 5.75 Å². The standard InChI is InChI=1S/C14H11N.3C13H18N.C10H14.C8H9N.C8H8O.6ClH.3Ru/c1-12-7-5-6-10-14(12)15-11-13-8-3-2-4-9-13;3*1-10-8-11(2)13(12(3)9-10)14-6-4-5-7-14;1-7-5-8(2)10(4)9(3)6-7;1-2-5-8-6-3-4-7-9-8;1-7-5-3-4-6-8(7)9-2;;;;;;;;;/h1-11H;3*6,8-9H,4-5,7H2,1-3H3;5-6H,1-4H3;1,3-4,6-7H,2,5H2;1,3-6H,2H3;6*1H;;;/q;3*-1;;;;;;;;;;3*+2/p-5. The minimum absolute atomic E-state index is 0.890. The van der Waals surface area contributed by atoms with Crippen LogP contribution in [0.1, 0.15) is 140 Å². The van der Waals surface area contributed by atoms with Gasteiger partial charge in [0.1, 0.15) is 0 Å². The first-order valence-corrected chi connectivity index (χ1v) is 48.2. The number of anilines is 3. The Kier molecular flexibility index (Phi) is 37.0. The van der Waals surface area contributed by atoms with Crippen LogP contribution < -0.4 is 14.7 Å². The Balaban J connectivity index is 0.000000200. The van der Waals surface area contributed by atoms with E-state index in [0.29, 0.717) is 0 Å². The number of ether oxygens (including phenoxy) is 1. The van der Waals surface area contributed by atoms with Gasteiger partial charge in [-0.2, -0.15) is 19.3 Å². The van der Waals surface area contributed by atoms with Crippen LogP contribution >= 0.6 is 58.1 Å². The number of aliphatic hydroxyl groups is 1. The summed E-state index contributed by atoms with van der Waals surface area (Å²) in [6, 6.07) is 49.6. The van der Waals surface area contributed by atoms with Gasteiger partial charge < -0.3 is 14.7 Å². The molecule has 0 radical (unpaired) electrons. The van der Waals surface area contributed by atoms with Crippen molar-refractivity contribution in [2.45, 2.75) is 141 Å². The van der Waals surface area contributed by atoms with Gasteiger partial charge in [0.2, 0.25) is 0 Å². The number of rotatable bonds is 11. The molecule has 3 aliphatic rings. The van der Waals surface area contributed by atoms with E-state index in [2.05, 4.69) is 188 Å². The van der Waals surface area contributed by atoms with Crippen LogP contribution in [0.25, 0.3) is 0 Å². The third-order valence-electron chi connectivity index (χ3n) is 15.7. The molecule has 8 aromatic rings. The molecule has 0 aliphatic carbocycles. The molecule has 94 heavy (non-hydrogen) atoms. The number of hydrogen-bond donors (Lipinski definition) is 0. The summed E-state index contributed by atoms with van der Waals surface area (Å²) in [7, 11) is 36.4. The third kappa shape index (κ3) is 28.7. The van der Waals surface area contributed by atoms with E-state index in [4.69, 9.17) is 58.1 Å². The van der Waals surface area contributed by atoms with E-state index < -0.39 is 40.6 Å². The molecule has 0 spiro atoms. The van der Waals surface area contributed by atoms with Gasteiger partial charge in [-0.15, -0.1) is 0 Å². The number of para-hydroxylation sites is 2. The van der Waals surface area contributed by atoms with E-state index in [1.807, 2.05) is 117 Å². The van der Waals surface area contributed by atoms with Gasteiger partial charge in [-0.25, -0.2) is 19.6 Å². The predicted molar refractivity (Wildman–Crippen MR) is 408 cm³/mol. The van der Waals surface area contributed by atoms with Crippen LogP contribution in [0, 0.1) is 110 Å². The van der Waals surface area contributed by atoms with Gasteiger partial charge in [0, 0.05) is 17.1 Å². The Morgan fingerprint density at radius 1 is 0.457 bits per heavy atom. The van der Waals surface area contributed by atoms with Gasteiger partial charge in [-0.05, 0) is 160 Å². The summed E-state index contributed by atoms with van der Waals surface area (Å²) in [5.74, 6) is 0.942. The normalized spacial score (nSPS) is 13.4. The van der Waals surface area contributed by atoms with Crippen LogP contribution in [0.5, 0.6) is 5.75 Å². The molecule has 3 saturated heterocycles. The zero-order valence-electron chi connectivity index (χ0n) is 57.3. The molecule has 1 aromatic heterocycles. The second kappa shape index (κ2) is 43.2. The maximum atomic E-state index is 5.90. The van der Waals surface area contributed by atoms with Crippen molar-refractivity contribution in [2.75, 3.05) is 41.4 Å². The number of aromatic nitrogens is 1. The van der Waals surface area contributed by atoms with Gasteiger partial charge in [-0.1, -0.05) is 90.0 Å². The predicted octanol–water partition coefficient (Wildman–Crippen LogP) is 22.9. The number of aryl methyl sites for hydroxylation is 13.